The first-order valence-electron chi connectivity index (χ1n) is 12.1. The van der Waals surface area contributed by atoms with Crippen LogP contribution in [0.15, 0.2) is 41.3 Å². The maximum atomic E-state index is 13.3. The van der Waals surface area contributed by atoms with Crippen molar-refractivity contribution >= 4 is 29.0 Å². The van der Waals surface area contributed by atoms with Crippen molar-refractivity contribution in [3.8, 4) is 0 Å². The lowest BCUT2D eigenvalue weighted by molar-refractivity contribution is -0.137. The number of pyridine rings is 1. The molecule has 10 heteroatoms. The number of hydrogen-bond donors (Lipinski definition) is 2. The second-order valence-electron chi connectivity index (χ2n) is 10.2. The first-order valence-corrected chi connectivity index (χ1v) is 12.1. The summed E-state index contributed by atoms with van der Waals surface area (Å²) in [5.74, 6) is -0.470. The van der Waals surface area contributed by atoms with Crippen molar-refractivity contribution in [3.05, 3.63) is 58.0 Å². The number of carboxylic acid groups (broad SMARTS) is 1. The number of piperidine rings is 1. The van der Waals surface area contributed by atoms with Gasteiger partial charge in [-0.25, -0.2) is 9.78 Å². The van der Waals surface area contributed by atoms with Gasteiger partial charge in [-0.2, -0.15) is 0 Å². The molecule has 0 unspecified atom stereocenters. The number of ether oxygens (including phenoxy) is 1. The molecule has 2 N–H and O–H groups in total. The van der Waals surface area contributed by atoms with Gasteiger partial charge in [-0.3, -0.25) is 9.59 Å². The molecule has 192 valence electrons. The number of rotatable bonds is 6. The number of aliphatic carboxylic acids is 1. The number of alkyl carbamates (subject to hydrolysis) is 1. The third kappa shape index (κ3) is 5.69. The fraction of sp³-hybridized carbons (Fsp3) is 0.462. The number of imidazole rings is 1. The molecule has 1 aliphatic rings. The summed E-state index contributed by atoms with van der Waals surface area (Å²) in [6, 6.07) is 9.47. The average Bonchev–Trinajstić information content (AvgIpc) is 3.15. The number of anilines is 1. The maximum Gasteiger partial charge on any atom is 0.407 e. The standard InChI is InChI=1S/C26H33N5O5/c1-17-8-5-6-9-18(17)14-31-22-20(11-13-29(23(22)34)16-21(32)33)28-24(31)30-12-7-10-19(15-30)27-25(35)36-26(2,3)4/h5-6,8-9,11,13,19H,7,10,12,14-16H2,1-4H3,(H,27,35)(H,32,33)/t19-/m1/s1. The normalized spacial score (nSPS) is 16.2. The van der Waals surface area contributed by atoms with Crippen LogP contribution in [0.1, 0.15) is 44.7 Å². The zero-order chi connectivity index (χ0) is 26.0. The minimum atomic E-state index is -1.09. The molecule has 1 atom stereocenters. The number of carboxylic acids is 1. The number of aromatic nitrogens is 3. The molecule has 0 spiro atoms. The van der Waals surface area contributed by atoms with E-state index in [9.17, 15) is 19.5 Å². The molecule has 2 aromatic heterocycles. The molecule has 4 rings (SSSR count). The van der Waals surface area contributed by atoms with E-state index in [-0.39, 0.29) is 6.04 Å². The summed E-state index contributed by atoms with van der Waals surface area (Å²) in [6.07, 6.45) is 2.65. The minimum absolute atomic E-state index is 0.135. The van der Waals surface area contributed by atoms with Crippen LogP contribution in [0.25, 0.3) is 11.0 Å². The zero-order valence-electron chi connectivity index (χ0n) is 21.2. The van der Waals surface area contributed by atoms with E-state index >= 15 is 0 Å². The summed E-state index contributed by atoms with van der Waals surface area (Å²) >= 11 is 0. The van der Waals surface area contributed by atoms with Gasteiger partial charge in [0.25, 0.3) is 5.56 Å². The molecule has 0 radical (unpaired) electrons. The topological polar surface area (TPSA) is 119 Å². The Balaban J connectivity index is 1.72. The zero-order valence-corrected chi connectivity index (χ0v) is 21.2. The molecule has 1 aliphatic heterocycles. The highest BCUT2D eigenvalue weighted by Crippen LogP contribution is 2.26. The van der Waals surface area contributed by atoms with Crippen LogP contribution in [0, 0.1) is 6.92 Å². The van der Waals surface area contributed by atoms with E-state index in [1.54, 1.807) is 6.07 Å². The van der Waals surface area contributed by atoms with Gasteiger partial charge in [0, 0.05) is 25.3 Å². The number of amides is 1. The molecule has 36 heavy (non-hydrogen) atoms. The molecule has 0 bridgehead atoms. The fourth-order valence-corrected chi connectivity index (χ4v) is 4.53. The minimum Gasteiger partial charge on any atom is -0.480 e. The largest absolute Gasteiger partial charge is 0.480 e. The third-order valence-corrected chi connectivity index (χ3v) is 6.17. The average molecular weight is 496 g/mol. The first kappa shape index (κ1) is 25.3. The maximum absolute atomic E-state index is 13.3. The Hall–Kier alpha value is -3.82. The molecule has 0 aliphatic carbocycles. The molecule has 1 saturated heterocycles. The van der Waals surface area contributed by atoms with Crippen LogP contribution in [-0.4, -0.2) is 56.0 Å². The van der Waals surface area contributed by atoms with Crippen molar-refractivity contribution in [3.63, 3.8) is 0 Å². The van der Waals surface area contributed by atoms with Crippen LogP contribution in [0.5, 0.6) is 0 Å². The van der Waals surface area contributed by atoms with E-state index in [4.69, 9.17) is 9.72 Å². The molecule has 0 saturated carbocycles. The van der Waals surface area contributed by atoms with Gasteiger partial charge >= 0.3 is 12.1 Å². The summed E-state index contributed by atoms with van der Waals surface area (Å²) in [7, 11) is 0. The number of aryl methyl sites for hydroxylation is 1. The van der Waals surface area contributed by atoms with Crippen LogP contribution in [-0.2, 0) is 22.6 Å². The van der Waals surface area contributed by atoms with E-state index in [0.29, 0.717) is 36.6 Å². The Kier molecular flexibility index (Phi) is 7.05. The third-order valence-electron chi connectivity index (χ3n) is 6.17. The molecule has 1 amide bonds. The predicted octanol–water partition coefficient (Wildman–Crippen LogP) is 3.13. The van der Waals surface area contributed by atoms with Gasteiger partial charge in [-0.05, 0) is 57.7 Å². The van der Waals surface area contributed by atoms with Gasteiger partial charge < -0.3 is 29.2 Å². The molecule has 3 aromatic rings. The van der Waals surface area contributed by atoms with Gasteiger partial charge in [0.2, 0.25) is 5.95 Å². The Morgan fingerprint density at radius 3 is 2.67 bits per heavy atom. The summed E-state index contributed by atoms with van der Waals surface area (Å²) in [4.78, 5) is 43.9. The lowest BCUT2D eigenvalue weighted by atomic mass is 10.1. The molecule has 1 fully saturated rings. The number of carbonyl (C=O) groups excluding carboxylic acids is 1. The van der Waals surface area contributed by atoms with Crippen LogP contribution in [0.4, 0.5) is 10.7 Å². The molecule has 1 aromatic carbocycles. The predicted molar refractivity (Wildman–Crippen MR) is 137 cm³/mol. The Morgan fingerprint density at radius 1 is 1.22 bits per heavy atom. The lowest BCUT2D eigenvalue weighted by Gasteiger charge is -2.34. The molecular formula is C26H33N5O5. The van der Waals surface area contributed by atoms with Crippen molar-refractivity contribution in [2.45, 2.75) is 65.3 Å². The van der Waals surface area contributed by atoms with Crippen LogP contribution in [0.3, 0.4) is 0 Å². The van der Waals surface area contributed by atoms with Gasteiger partial charge in [0.05, 0.1) is 12.1 Å². The van der Waals surface area contributed by atoms with Crippen molar-refractivity contribution in [1.82, 2.24) is 19.4 Å². The van der Waals surface area contributed by atoms with Crippen molar-refractivity contribution in [1.29, 1.82) is 0 Å². The molecule has 10 nitrogen and oxygen atoms in total. The quantitative estimate of drug-likeness (QED) is 0.539. The number of fused-ring (bicyclic) bond motifs is 1. The Bertz CT molecular complexity index is 1340. The van der Waals surface area contributed by atoms with Gasteiger partial charge in [-0.1, -0.05) is 24.3 Å². The lowest BCUT2D eigenvalue weighted by Crippen LogP contribution is -2.49. The summed E-state index contributed by atoms with van der Waals surface area (Å²) in [6.45, 7) is 8.70. The van der Waals surface area contributed by atoms with Gasteiger partial charge in [0.15, 0.2) is 0 Å². The van der Waals surface area contributed by atoms with Gasteiger partial charge in [-0.15, -0.1) is 0 Å². The van der Waals surface area contributed by atoms with Crippen LogP contribution < -0.4 is 15.8 Å². The van der Waals surface area contributed by atoms with E-state index < -0.39 is 29.8 Å². The van der Waals surface area contributed by atoms with E-state index in [1.165, 1.54) is 10.8 Å². The summed E-state index contributed by atoms with van der Waals surface area (Å²) in [5.41, 5.74) is 1.99. The Labute approximate surface area is 209 Å². The highest BCUT2D eigenvalue weighted by Gasteiger charge is 2.28. The second-order valence-corrected chi connectivity index (χ2v) is 10.2. The molecular weight excluding hydrogens is 462 g/mol. The number of nitrogens with one attached hydrogen (secondary N) is 1. The smallest absolute Gasteiger partial charge is 0.407 e. The van der Waals surface area contributed by atoms with Crippen molar-refractivity contribution in [2.75, 3.05) is 18.0 Å². The molecule has 3 heterocycles. The number of benzene rings is 1. The Morgan fingerprint density at radius 2 is 1.97 bits per heavy atom. The SMILES string of the molecule is Cc1ccccc1Cn1c(N2CCC[C@@H](NC(=O)OC(C)(C)C)C2)nc2ccn(CC(=O)O)c(=O)c21. The van der Waals surface area contributed by atoms with E-state index in [1.807, 2.05) is 56.5 Å². The fourth-order valence-electron chi connectivity index (χ4n) is 4.53. The first-order chi connectivity index (χ1) is 17.0. The van der Waals surface area contributed by atoms with E-state index in [0.717, 1.165) is 24.0 Å². The number of hydrogen-bond acceptors (Lipinski definition) is 6. The number of carbonyl (C=O) groups is 2. The monoisotopic (exact) mass is 495 g/mol. The van der Waals surface area contributed by atoms with Gasteiger partial charge in [0.1, 0.15) is 17.7 Å². The summed E-state index contributed by atoms with van der Waals surface area (Å²) < 4.78 is 8.48. The van der Waals surface area contributed by atoms with E-state index in [2.05, 4.69) is 10.2 Å². The highest BCUT2D eigenvalue weighted by atomic mass is 16.6. The second kappa shape index (κ2) is 10.0. The number of nitrogens with zero attached hydrogens (tertiary/aromatic N) is 4. The van der Waals surface area contributed by atoms with Crippen molar-refractivity contribution in [2.24, 2.45) is 0 Å². The highest BCUT2D eigenvalue weighted by molar-refractivity contribution is 5.78. The van der Waals surface area contributed by atoms with Crippen LogP contribution >= 0.6 is 0 Å². The van der Waals surface area contributed by atoms with Crippen LogP contribution in [0.2, 0.25) is 0 Å². The summed E-state index contributed by atoms with van der Waals surface area (Å²) in [5, 5.41) is 12.2. The van der Waals surface area contributed by atoms with Crippen molar-refractivity contribution < 1.29 is 19.4 Å².